The van der Waals surface area contributed by atoms with E-state index in [1.165, 1.54) is 29.7 Å². The number of hydrogen-bond acceptors (Lipinski definition) is 2. The topological polar surface area (TPSA) is 15.3 Å². The third kappa shape index (κ3) is 4.27. The molecule has 0 aliphatic carbocycles. The van der Waals surface area contributed by atoms with Gasteiger partial charge in [-0.1, -0.05) is 47.5 Å². The molecule has 1 aliphatic rings. The van der Waals surface area contributed by atoms with Crippen LogP contribution in [-0.4, -0.2) is 24.0 Å². The molecule has 1 N–H and O–H groups in total. The summed E-state index contributed by atoms with van der Waals surface area (Å²) in [7, 11) is 0. The van der Waals surface area contributed by atoms with Crippen molar-refractivity contribution < 1.29 is 0 Å². The minimum Gasteiger partial charge on any atom is -0.382 e. The van der Waals surface area contributed by atoms with E-state index < -0.39 is 0 Å². The zero-order valence-electron chi connectivity index (χ0n) is 14.0. The van der Waals surface area contributed by atoms with Crippen molar-refractivity contribution in [1.29, 1.82) is 0 Å². The first-order valence-corrected chi connectivity index (χ1v) is 8.79. The molecular formula is C20H25ClN2. The molecule has 1 aliphatic heterocycles. The van der Waals surface area contributed by atoms with Gasteiger partial charge in [0.15, 0.2) is 0 Å². The van der Waals surface area contributed by atoms with Crippen molar-refractivity contribution in [2.75, 3.05) is 18.4 Å². The Morgan fingerprint density at radius 1 is 1.09 bits per heavy atom. The summed E-state index contributed by atoms with van der Waals surface area (Å²) in [5.74, 6) is 0. The van der Waals surface area contributed by atoms with Crippen LogP contribution < -0.4 is 5.32 Å². The number of rotatable bonds is 4. The molecule has 23 heavy (non-hydrogen) atoms. The number of piperidine rings is 1. The Labute approximate surface area is 144 Å². The highest BCUT2D eigenvalue weighted by molar-refractivity contribution is 6.31. The second-order valence-corrected chi connectivity index (χ2v) is 7.00. The van der Waals surface area contributed by atoms with Crippen LogP contribution >= 0.6 is 11.6 Å². The number of halogens is 1. The number of nitrogens with zero attached hydrogens (tertiary/aromatic N) is 1. The summed E-state index contributed by atoms with van der Waals surface area (Å²) < 4.78 is 0. The summed E-state index contributed by atoms with van der Waals surface area (Å²) >= 11 is 6.21. The molecular weight excluding hydrogens is 304 g/mol. The van der Waals surface area contributed by atoms with Crippen LogP contribution in [0.2, 0.25) is 5.02 Å². The summed E-state index contributed by atoms with van der Waals surface area (Å²) in [5, 5.41) is 4.51. The molecule has 122 valence electrons. The first-order chi connectivity index (χ1) is 11.1. The van der Waals surface area contributed by atoms with Gasteiger partial charge in [0.2, 0.25) is 0 Å². The normalized spacial score (nSPS) is 16.5. The number of likely N-dealkylation sites (tertiary alicyclic amines) is 1. The Morgan fingerprint density at radius 3 is 2.57 bits per heavy atom. The quantitative estimate of drug-likeness (QED) is 0.846. The fraction of sp³-hybridized carbons (Fsp3) is 0.400. The maximum absolute atomic E-state index is 6.21. The van der Waals surface area contributed by atoms with Crippen LogP contribution in [0.5, 0.6) is 0 Å². The maximum atomic E-state index is 6.21. The minimum absolute atomic E-state index is 0.543. The molecule has 0 unspecified atom stereocenters. The smallest absolute Gasteiger partial charge is 0.0455 e. The van der Waals surface area contributed by atoms with Crippen LogP contribution in [0.4, 0.5) is 5.69 Å². The molecule has 1 heterocycles. The predicted molar refractivity (Wildman–Crippen MR) is 99.3 cm³/mol. The highest BCUT2D eigenvalue weighted by Crippen LogP contribution is 2.25. The van der Waals surface area contributed by atoms with E-state index in [2.05, 4.69) is 54.4 Å². The fourth-order valence-electron chi connectivity index (χ4n) is 3.29. The third-order valence-electron chi connectivity index (χ3n) is 4.70. The lowest BCUT2D eigenvalue weighted by atomic mass is 10.0. The van der Waals surface area contributed by atoms with Crippen LogP contribution in [0.15, 0.2) is 42.5 Å². The van der Waals surface area contributed by atoms with Gasteiger partial charge in [-0.15, -0.1) is 0 Å². The van der Waals surface area contributed by atoms with Crippen LogP contribution in [0.3, 0.4) is 0 Å². The van der Waals surface area contributed by atoms with Crippen LogP contribution in [-0.2, 0) is 6.54 Å². The van der Waals surface area contributed by atoms with Crippen LogP contribution in [0, 0.1) is 13.8 Å². The average Bonchev–Trinajstić information content (AvgIpc) is 2.54. The summed E-state index contributed by atoms with van der Waals surface area (Å²) in [5.41, 5.74) is 5.09. The maximum Gasteiger partial charge on any atom is 0.0455 e. The molecule has 3 rings (SSSR count). The molecule has 1 saturated heterocycles. The number of nitrogens with one attached hydrogen (secondary N) is 1. The number of benzene rings is 2. The van der Waals surface area contributed by atoms with E-state index in [0.717, 1.165) is 30.2 Å². The Balaban J connectivity index is 1.53. The Morgan fingerprint density at radius 2 is 1.83 bits per heavy atom. The lowest BCUT2D eigenvalue weighted by Gasteiger charge is -2.33. The van der Waals surface area contributed by atoms with E-state index in [4.69, 9.17) is 11.6 Å². The highest BCUT2D eigenvalue weighted by atomic mass is 35.5. The zero-order chi connectivity index (χ0) is 16.2. The molecule has 0 saturated carbocycles. The molecule has 2 aromatic rings. The average molecular weight is 329 g/mol. The lowest BCUT2D eigenvalue weighted by molar-refractivity contribution is 0.211. The van der Waals surface area contributed by atoms with Crippen LogP contribution in [0.1, 0.15) is 29.5 Å². The summed E-state index contributed by atoms with van der Waals surface area (Å²) in [6, 6.07) is 15.5. The van der Waals surface area contributed by atoms with Crippen molar-refractivity contribution in [2.45, 2.75) is 39.3 Å². The minimum atomic E-state index is 0.543. The number of hydrogen-bond donors (Lipinski definition) is 1. The molecule has 2 nitrogen and oxygen atoms in total. The van der Waals surface area contributed by atoms with Gasteiger partial charge < -0.3 is 5.32 Å². The lowest BCUT2D eigenvalue weighted by Crippen LogP contribution is -2.38. The molecule has 0 spiro atoms. The van der Waals surface area contributed by atoms with E-state index in [-0.39, 0.29) is 0 Å². The fourth-order valence-corrected chi connectivity index (χ4v) is 3.46. The van der Waals surface area contributed by atoms with Gasteiger partial charge in [-0.05, 0) is 49.9 Å². The van der Waals surface area contributed by atoms with Crippen molar-refractivity contribution in [3.8, 4) is 0 Å². The van der Waals surface area contributed by atoms with E-state index >= 15 is 0 Å². The standard InChI is InChI=1S/C20H25ClN2/c1-15-5-3-6-17(13-15)14-23-11-9-18(10-12-23)22-20-8-4-7-19(21)16(20)2/h3-8,13,18,22H,9-12,14H2,1-2H3. The zero-order valence-corrected chi connectivity index (χ0v) is 14.7. The molecule has 0 atom stereocenters. The number of anilines is 1. The van der Waals surface area contributed by atoms with E-state index in [9.17, 15) is 0 Å². The van der Waals surface area contributed by atoms with Crippen molar-refractivity contribution in [3.05, 3.63) is 64.2 Å². The summed E-state index contributed by atoms with van der Waals surface area (Å²) in [6.07, 6.45) is 2.36. The Kier molecular flexibility index (Phi) is 5.24. The van der Waals surface area contributed by atoms with Crippen LogP contribution in [0.25, 0.3) is 0 Å². The highest BCUT2D eigenvalue weighted by Gasteiger charge is 2.19. The Hall–Kier alpha value is -1.51. The van der Waals surface area contributed by atoms with Gasteiger partial charge in [0.05, 0.1) is 0 Å². The van der Waals surface area contributed by atoms with Gasteiger partial charge >= 0.3 is 0 Å². The molecule has 3 heteroatoms. The van der Waals surface area contributed by atoms with Crippen molar-refractivity contribution in [2.24, 2.45) is 0 Å². The second kappa shape index (κ2) is 7.37. The third-order valence-corrected chi connectivity index (χ3v) is 5.11. The first kappa shape index (κ1) is 16.4. The van der Waals surface area contributed by atoms with Gasteiger partial charge in [-0.25, -0.2) is 0 Å². The van der Waals surface area contributed by atoms with E-state index in [1.807, 2.05) is 12.1 Å². The Bertz CT molecular complexity index is 660. The van der Waals surface area contributed by atoms with E-state index in [1.54, 1.807) is 0 Å². The van der Waals surface area contributed by atoms with Gasteiger partial charge in [0, 0.05) is 36.4 Å². The second-order valence-electron chi connectivity index (χ2n) is 6.60. The van der Waals surface area contributed by atoms with E-state index in [0.29, 0.717) is 6.04 Å². The van der Waals surface area contributed by atoms with Gasteiger partial charge in [-0.3, -0.25) is 4.90 Å². The van der Waals surface area contributed by atoms with Crippen molar-refractivity contribution in [1.82, 2.24) is 4.90 Å². The SMILES string of the molecule is Cc1cccc(CN2CCC(Nc3cccc(Cl)c3C)CC2)c1. The summed E-state index contributed by atoms with van der Waals surface area (Å²) in [4.78, 5) is 2.55. The monoisotopic (exact) mass is 328 g/mol. The van der Waals surface area contributed by atoms with Crippen molar-refractivity contribution >= 4 is 17.3 Å². The van der Waals surface area contributed by atoms with Crippen molar-refractivity contribution in [3.63, 3.8) is 0 Å². The molecule has 1 fully saturated rings. The van der Waals surface area contributed by atoms with Gasteiger partial charge in [0.1, 0.15) is 0 Å². The molecule has 0 amide bonds. The molecule has 2 aromatic carbocycles. The number of aryl methyl sites for hydroxylation is 1. The van der Waals surface area contributed by atoms with Gasteiger partial charge in [-0.2, -0.15) is 0 Å². The predicted octanol–water partition coefficient (Wildman–Crippen LogP) is 5.03. The first-order valence-electron chi connectivity index (χ1n) is 8.41. The largest absolute Gasteiger partial charge is 0.382 e. The molecule has 0 bridgehead atoms. The molecule has 0 radical (unpaired) electrons. The van der Waals surface area contributed by atoms with Gasteiger partial charge in [0.25, 0.3) is 0 Å². The molecule has 0 aromatic heterocycles. The summed E-state index contributed by atoms with van der Waals surface area (Å²) in [6.45, 7) is 7.59.